The maximum atomic E-state index is 13.0. The molecule has 0 saturated heterocycles. The van der Waals surface area contributed by atoms with Gasteiger partial charge in [-0.2, -0.15) is 13.2 Å². The van der Waals surface area contributed by atoms with E-state index in [0.717, 1.165) is 34.8 Å². The van der Waals surface area contributed by atoms with Gasteiger partial charge in [0.05, 0.1) is 19.2 Å². The molecule has 0 aliphatic rings. The number of halogens is 3. The average molecular weight is 445 g/mol. The van der Waals surface area contributed by atoms with Gasteiger partial charge in [0, 0.05) is 16.6 Å². The number of rotatable bonds is 6. The number of benzene rings is 2. The third kappa shape index (κ3) is 4.54. The molecule has 0 aliphatic carbocycles. The molecule has 6 heteroatoms. The number of para-hydroxylation sites is 1. The molecule has 3 rings (SSSR count). The molecule has 0 aliphatic heterocycles. The maximum Gasteiger partial charge on any atom is 0.416 e. The molecule has 0 N–H and O–H groups in total. The highest BCUT2D eigenvalue weighted by molar-refractivity contribution is 6.83. The smallest absolute Gasteiger partial charge is 0.233 e. The van der Waals surface area contributed by atoms with E-state index in [9.17, 15) is 13.2 Å². The van der Waals surface area contributed by atoms with Crippen molar-refractivity contribution in [3.8, 4) is 11.4 Å². The Hall–Kier alpha value is -2.21. The van der Waals surface area contributed by atoms with Crippen molar-refractivity contribution in [1.29, 1.82) is 0 Å². The monoisotopic (exact) mass is 444 g/mol. The molecule has 2 aromatic carbocycles. The molecular weight excluding hydrogens is 413 g/mol. The van der Waals surface area contributed by atoms with Gasteiger partial charge in [-0.05, 0) is 24.2 Å². The second kappa shape index (κ2) is 8.73. The highest BCUT2D eigenvalue weighted by Gasteiger charge is 2.43. The van der Waals surface area contributed by atoms with E-state index < -0.39 is 19.8 Å². The molecule has 0 amide bonds. The van der Waals surface area contributed by atoms with Gasteiger partial charge in [-0.15, -0.1) is 0 Å². The van der Waals surface area contributed by atoms with Gasteiger partial charge in [0.2, 0.25) is 0 Å². The van der Waals surface area contributed by atoms with Crippen molar-refractivity contribution in [3.05, 3.63) is 59.8 Å². The summed E-state index contributed by atoms with van der Waals surface area (Å²) in [5.74, 6) is 0.488. The number of alkyl halides is 3. The molecule has 31 heavy (non-hydrogen) atoms. The van der Waals surface area contributed by atoms with E-state index in [2.05, 4.69) is 52.6 Å². The van der Waals surface area contributed by atoms with Crippen LogP contribution in [-0.2, 0) is 12.2 Å². The first kappa shape index (κ1) is 23.5. The highest BCUT2D eigenvalue weighted by atomic mass is 28.3. The quantitative estimate of drug-likeness (QED) is 0.359. The van der Waals surface area contributed by atoms with E-state index in [1.54, 1.807) is 0 Å². The molecule has 0 spiro atoms. The summed E-state index contributed by atoms with van der Waals surface area (Å²) in [4.78, 5) is 9.62. The van der Waals surface area contributed by atoms with E-state index >= 15 is 0 Å². The number of fused-ring (bicyclic) bond motifs is 1. The second-order valence-corrected chi connectivity index (χ2v) is 15.4. The van der Waals surface area contributed by atoms with Crippen LogP contribution in [0.5, 0.6) is 0 Å². The summed E-state index contributed by atoms with van der Waals surface area (Å²) in [5, 5.41) is 1.04. The average Bonchev–Trinajstić information content (AvgIpc) is 2.70. The molecule has 0 bridgehead atoms. The normalized spacial score (nSPS) is 13.0. The molecule has 0 fully saturated rings. The Morgan fingerprint density at radius 1 is 0.774 bits per heavy atom. The standard InChI is InChI=1S/C25H31F3N2Si/c1-16(2)31(17(3)4,18(5)6)15-23-21-9-7-8-10-22(21)29-24(30-23)19-11-13-20(14-12-19)25(26,27)28/h7-14,16-18H,15H2,1-6H3. The fourth-order valence-electron chi connectivity index (χ4n) is 5.12. The van der Waals surface area contributed by atoms with Crippen molar-refractivity contribution < 1.29 is 13.2 Å². The molecule has 1 aromatic heterocycles. The minimum atomic E-state index is -4.36. The van der Waals surface area contributed by atoms with Gasteiger partial charge in [-0.25, -0.2) is 9.97 Å². The molecule has 3 aromatic rings. The summed E-state index contributed by atoms with van der Waals surface area (Å²) in [6.07, 6.45) is -4.36. The molecule has 0 saturated carbocycles. The van der Waals surface area contributed by atoms with Crippen LogP contribution in [0.1, 0.15) is 52.8 Å². The molecule has 0 unspecified atom stereocenters. The van der Waals surface area contributed by atoms with Crippen LogP contribution in [0.15, 0.2) is 48.5 Å². The predicted molar refractivity (Wildman–Crippen MR) is 125 cm³/mol. The third-order valence-electron chi connectivity index (χ3n) is 6.85. The lowest BCUT2D eigenvalue weighted by atomic mass is 10.1. The SMILES string of the molecule is CC(C)[Si](Cc1nc(-c2ccc(C(F)(F)F)cc2)nc2ccccc12)(C(C)C)C(C)C. The highest BCUT2D eigenvalue weighted by Crippen LogP contribution is 2.44. The number of hydrogen-bond acceptors (Lipinski definition) is 2. The van der Waals surface area contributed by atoms with Crippen LogP contribution in [0.25, 0.3) is 22.3 Å². The lowest BCUT2D eigenvalue weighted by molar-refractivity contribution is -0.137. The summed E-state index contributed by atoms with van der Waals surface area (Å²) in [5.41, 5.74) is 3.53. The Labute approximate surface area is 184 Å². The Morgan fingerprint density at radius 2 is 1.32 bits per heavy atom. The molecule has 1 heterocycles. The zero-order valence-electron chi connectivity index (χ0n) is 19.1. The first-order valence-electron chi connectivity index (χ1n) is 10.9. The Morgan fingerprint density at radius 3 is 1.84 bits per heavy atom. The van der Waals surface area contributed by atoms with Gasteiger partial charge in [-0.1, -0.05) is 88.5 Å². The molecule has 166 valence electrons. The van der Waals surface area contributed by atoms with Gasteiger partial charge in [0.1, 0.15) is 0 Å². The van der Waals surface area contributed by atoms with Crippen LogP contribution in [0.4, 0.5) is 13.2 Å². The van der Waals surface area contributed by atoms with Crippen LogP contribution < -0.4 is 0 Å². The summed E-state index contributed by atoms with van der Waals surface area (Å²) in [6, 6.07) is 14.0. The van der Waals surface area contributed by atoms with E-state index in [1.165, 1.54) is 12.1 Å². The summed E-state index contributed by atoms with van der Waals surface area (Å²) >= 11 is 0. The molecular formula is C25H31F3N2Si. The third-order valence-corrected chi connectivity index (χ3v) is 14.2. The van der Waals surface area contributed by atoms with Gasteiger partial charge >= 0.3 is 6.18 Å². The van der Waals surface area contributed by atoms with Crippen molar-refractivity contribution in [2.75, 3.05) is 0 Å². The van der Waals surface area contributed by atoms with E-state index in [1.807, 2.05) is 18.2 Å². The van der Waals surface area contributed by atoms with Crippen LogP contribution in [0, 0.1) is 0 Å². The molecule has 0 atom stereocenters. The minimum Gasteiger partial charge on any atom is -0.233 e. The van der Waals surface area contributed by atoms with Crippen molar-refractivity contribution >= 4 is 19.0 Å². The predicted octanol–water partition coefficient (Wildman–Crippen LogP) is 8.08. The van der Waals surface area contributed by atoms with Crippen LogP contribution >= 0.6 is 0 Å². The van der Waals surface area contributed by atoms with Gasteiger partial charge in [-0.3, -0.25) is 0 Å². The topological polar surface area (TPSA) is 25.8 Å². The van der Waals surface area contributed by atoms with Gasteiger partial charge < -0.3 is 0 Å². The zero-order valence-corrected chi connectivity index (χ0v) is 20.1. The van der Waals surface area contributed by atoms with E-state index in [4.69, 9.17) is 4.98 Å². The zero-order chi connectivity index (χ0) is 23.0. The fourth-order valence-corrected chi connectivity index (χ4v) is 11.2. The Bertz CT molecular complexity index is 1020. The number of nitrogens with zero attached hydrogens (tertiary/aromatic N) is 2. The van der Waals surface area contributed by atoms with Crippen molar-refractivity contribution in [2.45, 2.75) is 70.4 Å². The van der Waals surface area contributed by atoms with Crippen LogP contribution in [0.3, 0.4) is 0 Å². The van der Waals surface area contributed by atoms with Crippen LogP contribution in [-0.4, -0.2) is 18.0 Å². The van der Waals surface area contributed by atoms with Gasteiger partial charge in [0.25, 0.3) is 0 Å². The molecule has 2 nitrogen and oxygen atoms in total. The Balaban J connectivity index is 2.16. The number of hydrogen-bond donors (Lipinski definition) is 0. The summed E-state index contributed by atoms with van der Waals surface area (Å²) < 4.78 is 38.9. The van der Waals surface area contributed by atoms with Crippen molar-refractivity contribution in [3.63, 3.8) is 0 Å². The minimum absolute atomic E-state index is 0.488. The Kier molecular flexibility index (Phi) is 6.60. The summed E-state index contributed by atoms with van der Waals surface area (Å²) in [6.45, 7) is 14.0. The lowest BCUT2D eigenvalue weighted by Gasteiger charge is -2.43. The van der Waals surface area contributed by atoms with Gasteiger partial charge in [0.15, 0.2) is 5.82 Å². The molecule has 0 radical (unpaired) electrons. The largest absolute Gasteiger partial charge is 0.416 e. The maximum absolute atomic E-state index is 13.0. The fraction of sp³-hybridized carbons (Fsp3) is 0.440. The first-order valence-corrected chi connectivity index (χ1v) is 13.3. The van der Waals surface area contributed by atoms with E-state index in [-0.39, 0.29) is 0 Å². The number of aromatic nitrogens is 2. The lowest BCUT2D eigenvalue weighted by Crippen LogP contribution is -2.47. The van der Waals surface area contributed by atoms with Crippen LogP contribution in [0.2, 0.25) is 16.6 Å². The first-order chi connectivity index (χ1) is 14.5. The van der Waals surface area contributed by atoms with E-state index in [0.29, 0.717) is 28.0 Å². The second-order valence-electron chi connectivity index (χ2n) is 9.34. The summed E-state index contributed by atoms with van der Waals surface area (Å²) in [7, 11) is -1.78. The van der Waals surface area contributed by atoms with Crippen molar-refractivity contribution in [2.24, 2.45) is 0 Å². The van der Waals surface area contributed by atoms with Crippen molar-refractivity contribution in [1.82, 2.24) is 9.97 Å².